The van der Waals surface area contributed by atoms with Crippen LogP contribution in [0.4, 0.5) is 18.9 Å². The first-order valence-corrected chi connectivity index (χ1v) is 9.78. The Morgan fingerprint density at radius 2 is 1.68 bits per heavy atom. The van der Waals surface area contributed by atoms with Crippen molar-refractivity contribution >= 4 is 23.2 Å². The summed E-state index contributed by atoms with van der Waals surface area (Å²) in [7, 11) is 0. The molecule has 3 aromatic rings. The minimum absolute atomic E-state index is 0.0549. The Morgan fingerprint density at radius 3 is 2.39 bits per heavy atom. The molecule has 0 aliphatic rings. The summed E-state index contributed by atoms with van der Waals surface area (Å²) in [6, 6.07) is 16.3. The van der Waals surface area contributed by atoms with E-state index in [0.717, 1.165) is 6.07 Å². The van der Waals surface area contributed by atoms with Crippen LogP contribution in [0.25, 0.3) is 0 Å². The fraction of sp³-hybridized carbons (Fsp3) is 0.174. The van der Waals surface area contributed by atoms with Crippen molar-refractivity contribution in [2.24, 2.45) is 0 Å². The van der Waals surface area contributed by atoms with Crippen molar-refractivity contribution in [3.63, 3.8) is 0 Å². The van der Waals surface area contributed by atoms with E-state index in [-0.39, 0.29) is 17.9 Å². The summed E-state index contributed by atoms with van der Waals surface area (Å²) < 4.78 is 50.9. The van der Waals surface area contributed by atoms with Gasteiger partial charge in [0.25, 0.3) is 5.91 Å². The van der Waals surface area contributed by atoms with Gasteiger partial charge in [-0.05, 0) is 49.4 Å². The van der Waals surface area contributed by atoms with Gasteiger partial charge in [0.1, 0.15) is 18.1 Å². The molecule has 3 aromatic carbocycles. The van der Waals surface area contributed by atoms with E-state index in [1.807, 2.05) is 6.92 Å². The monoisotopic (exact) mass is 449 g/mol. The molecule has 1 N–H and O–H groups in total. The fourth-order valence-corrected chi connectivity index (χ4v) is 3.07. The summed E-state index contributed by atoms with van der Waals surface area (Å²) in [6.07, 6.45) is -4.59. The average molecular weight is 450 g/mol. The molecule has 0 spiro atoms. The van der Waals surface area contributed by atoms with Crippen molar-refractivity contribution in [2.45, 2.75) is 19.7 Å². The van der Waals surface area contributed by atoms with E-state index < -0.39 is 17.6 Å². The second-order valence-electron chi connectivity index (χ2n) is 6.47. The number of hydrogen-bond acceptors (Lipinski definition) is 3. The van der Waals surface area contributed by atoms with E-state index in [9.17, 15) is 18.0 Å². The lowest BCUT2D eigenvalue weighted by Crippen LogP contribution is -2.17. The van der Waals surface area contributed by atoms with Crippen LogP contribution in [0.3, 0.4) is 0 Å². The molecule has 0 heterocycles. The lowest BCUT2D eigenvalue weighted by atomic mass is 10.1. The van der Waals surface area contributed by atoms with E-state index in [4.69, 9.17) is 21.1 Å². The first-order chi connectivity index (χ1) is 14.8. The summed E-state index contributed by atoms with van der Waals surface area (Å²) in [4.78, 5) is 12.7. The molecule has 0 radical (unpaired) electrons. The summed E-state index contributed by atoms with van der Waals surface area (Å²) in [5.74, 6) is 0.279. The molecule has 0 bridgehead atoms. The predicted molar refractivity (Wildman–Crippen MR) is 113 cm³/mol. The Kier molecular flexibility index (Phi) is 7.07. The molecule has 0 saturated heterocycles. The average Bonchev–Trinajstić information content (AvgIpc) is 2.74. The van der Waals surface area contributed by atoms with E-state index in [2.05, 4.69) is 5.32 Å². The van der Waals surface area contributed by atoms with Crippen molar-refractivity contribution in [3.8, 4) is 11.5 Å². The Morgan fingerprint density at radius 1 is 0.968 bits per heavy atom. The van der Waals surface area contributed by atoms with Gasteiger partial charge in [0.15, 0.2) is 0 Å². The van der Waals surface area contributed by atoms with Crippen LogP contribution in [0, 0.1) is 0 Å². The zero-order chi connectivity index (χ0) is 22.4. The lowest BCUT2D eigenvalue weighted by molar-refractivity contribution is -0.136. The van der Waals surface area contributed by atoms with E-state index in [1.54, 1.807) is 30.3 Å². The molecule has 4 nitrogen and oxygen atoms in total. The molecule has 1 amide bonds. The highest BCUT2D eigenvalue weighted by molar-refractivity contribution is 6.32. The molecule has 3 rings (SSSR count). The maximum absolute atomic E-state index is 13.2. The van der Waals surface area contributed by atoms with Gasteiger partial charge in [-0.1, -0.05) is 35.9 Å². The first-order valence-electron chi connectivity index (χ1n) is 9.40. The third-order valence-corrected chi connectivity index (χ3v) is 4.64. The second kappa shape index (κ2) is 9.75. The highest BCUT2D eigenvalue weighted by Crippen LogP contribution is 2.35. The number of para-hydroxylation sites is 2. The van der Waals surface area contributed by atoms with Gasteiger partial charge < -0.3 is 14.8 Å². The van der Waals surface area contributed by atoms with Crippen LogP contribution in [-0.2, 0) is 12.8 Å². The molecule has 0 atom stereocenters. The molecular formula is C23H19ClF3NO3. The van der Waals surface area contributed by atoms with Crippen molar-refractivity contribution < 1.29 is 27.4 Å². The van der Waals surface area contributed by atoms with Gasteiger partial charge in [0.05, 0.1) is 22.9 Å². The van der Waals surface area contributed by atoms with Crippen molar-refractivity contribution in [1.82, 2.24) is 0 Å². The van der Waals surface area contributed by atoms with Gasteiger partial charge >= 0.3 is 6.18 Å². The SMILES string of the molecule is CCOc1ccc(C(=O)Nc2ccccc2C(F)(F)F)cc1COc1ccccc1Cl. The third-order valence-electron chi connectivity index (χ3n) is 4.32. The topological polar surface area (TPSA) is 47.6 Å². The second-order valence-corrected chi connectivity index (χ2v) is 6.88. The van der Waals surface area contributed by atoms with Gasteiger partial charge in [-0.2, -0.15) is 13.2 Å². The summed E-state index contributed by atoms with van der Waals surface area (Å²) in [6.45, 7) is 2.26. The molecule has 0 fully saturated rings. The van der Waals surface area contributed by atoms with Crippen LogP contribution in [0.5, 0.6) is 11.5 Å². The zero-order valence-corrected chi connectivity index (χ0v) is 17.3. The van der Waals surface area contributed by atoms with Crippen molar-refractivity contribution in [3.05, 3.63) is 88.4 Å². The van der Waals surface area contributed by atoms with Crippen LogP contribution in [0.2, 0.25) is 5.02 Å². The molecule has 31 heavy (non-hydrogen) atoms. The standard InChI is InChI=1S/C23H19ClF3NO3/c1-2-30-20-12-11-15(13-16(20)14-31-21-10-6-4-8-18(21)24)22(29)28-19-9-5-3-7-17(19)23(25,26)27/h3-13H,2,14H2,1H3,(H,28,29). The number of hydrogen-bond donors (Lipinski definition) is 1. The highest BCUT2D eigenvalue weighted by Gasteiger charge is 2.33. The van der Waals surface area contributed by atoms with Gasteiger partial charge in [-0.25, -0.2) is 0 Å². The lowest BCUT2D eigenvalue weighted by Gasteiger charge is -2.15. The Balaban J connectivity index is 1.84. The van der Waals surface area contributed by atoms with Crippen LogP contribution in [0.15, 0.2) is 66.7 Å². The number of nitrogens with one attached hydrogen (secondary N) is 1. The smallest absolute Gasteiger partial charge is 0.418 e. The largest absolute Gasteiger partial charge is 0.493 e. The molecular weight excluding hydrogens is 431 g/mol. The predicted octanol–water partition coefficient (Wildman–Crippen LogP) is 6.59. The Hall–Kier alpha value is -3.19. The zero-order valence-electron chi connectivity index (χ0n) is 16.5. The van der Waals surface area contributed by atoms with E-state index >= 15 is 0 Å². The number of rotatable bonds is 7. The molecule has 0 aromatic heterocycles. The summed E-state index contributed by atoms with van der Waals surface area (Å²) >= 11 is 6.10. The minimum Gasteiger partial charge on any atom is -0.493 e. The molecule has 0 aliphatic heterocycles. The number of carbonyl (C=O) groups excluding carboxylic acids is 1. The van der Waals surface area contributed by atoms with Gasteiger partial charge in [0.2, 0.25) is 0 Å². The summed E-state index contributed by atoms with van der Waals surface area (Å²) in [5, 5.41) is 2.76. The maximum Gasteiger partial charge on any atom is 0.418 e. The maximum atomic E-state index is 13.2. The van der Waals surface area contributed by atoms with Crippen LogP contribution < -0.4 is 14.8 Å². The molecule has 8 heteroatoms. The number of benzene rings is 3. The van der Waals surface area contributed by atoms with Crippen molar-refractivity contribution in [1.29, 1.82) is 0 Å². The molecule has 0 unspecified atom stereocenters. The number of ether oxygens (including phenoxy) is 2. The number of carbonyl (C=O) groups is 1. The molecule has 0 saturated carbocycles. The highest BCUT2D eigenvalue weighted by atomic mass is 35.5. The van der Waals surface area contributed by atoms with E-state index in [0.29, 0.717) is 28.7 Å². The first kappa shape index (κ1) is 22.5. The third kappa shape index (κ3) is 5.70. The molecule has 162 valence electrons. The fourth-order valence-electron chi connectivity index (χ4n) is 2.88. The van der Waals surface area contributed by atoms with Gasteiger partial charge in [-0.3, -0.25) is 4.79 Å². The van der Waals surface area contributed by atoms with E-state index in [1.165, 1.54) is 30.3 Å². The van der Waals surface area contributed by atoms with Crippen LogP contribution in [0.1, 0.15) is 28.4 Å². The number of halogens is 4. The number of alkyl halides is 3. The quantitative estimate of drug-likeness (QED) is 0.442. The Bertz CT molecular complexity index is 1070. The van der Waals surface area contributed by atoms with Gasteiger partial charge in [-0.15, -0.1) is 0 Å². The number of anilines is 1. The summed E-state index contributed by atoms with van der Waals surface area (Å²) in [5.41, 5.74) is -0.518. The molecule has 0 aliphatic carbocycles. The van der Waals surface area contributed by atoms with Crippen LogP contribution in [-0.4, -0.2) is 12.5 Å². The normalized spacial score (nSPS) is 11.1. The Labute approximate surface area is 182 Å². The number of amides is 1. The van der Waals surface area contributed by atoms with Crippen molar-refractivity contribution in [2.75, 3.05) is 11.9 Å². The van der Waals surface area contributed by atoms with Crippen LogP contribution >= 0.6 is 11.6 Å². The van der Waals surface area contributed by atoms with Gasteiger partial charge in [0, 0.05) is 11.1 Å². The minimum atomic E-state index is -4.59.